The summed E-state index contributed by atoms with van der Waals surface area (Å²) in [4.78, 5) is 0. The summed E-state index contributed by atoms with van der Waals surface area (Å²) in [5.41, 5.74) is 9.84. The van der Waals surface area contributed by atoms with Crippen LogP contribution in [0.2, 0.25) is 0 Å². The van der Waals surface area contributed by atoms with Crippen LogP contribution in [-0.4, -0.2) is 14.2 Å². The zero-order chi connectivity index (χ0) is 13.7. The number of nitrogens with one attached hydrogen (secondary N) is 1. The van der Waals surface area contributed by atoms with Crippen LogP contribution in [-0.2, 0) is 6.54 Å². The van der Waals surface area contributed by atoms with Gasteiger partial charge >= 0.3 is 0 Å². The minimum Gasteiger partial charge on any atom is -0.497 e. The van der Waals surface area contributed by atoms with Gasteiger partial charge < -0.3 is 15.8 Å². The van der Waals surface area contributed by atoms with Crippen molar-refractivity contribution in [1.29, 1.82) is 0 Å². The molecular weight excluding hydrogens is 236 g/mol. The standard InChI is InChI=1S/C16H20N2O/c1-18-11-13-5-3-4-6-15(13)16(17)12-7-9-14(19-2)10-8-12/h3-10,16,18H,11,17H2,1-2H3. The second kappa shape index (κ2) is 6.36. The minimum atomic E-state index is -0.115. The molecule has 0 aliphatic rings. The summed E-state index contributed by atoms with van der Waals surface area (Å²) in [7, 11) is 3.60. The molecule has 0 aliphatic carbocycles. The molecule has 1 atom stereocenters. The minimum absolute atomic E-state index is 0.115. The van der Waals surface area contributed by atoms with Crippen molar-refractivity contribution in [2.45, 2.75) is 12.6 Å². The van der Waals surface area contributed by atoms with Crippen LogP contribution in [0.1, 0.15) is 22.7 Å². The average molecular weight is 256 g/mol. The zero-order valence-electron chi connectivity index (χ0n) is 11.4. The van der Waals surface area contributed by atoms with Gasteiger partial charge in [0.1, 0.15) is 5.75 Å². The fourth-order valence-electron chi connectivity index (χ4n) is 2.18. The fraction of sp³-hybridized carbons (Fsp3) is 0.250. The van der Waals surface area contributed by atoms with Crippen molar-refractivity contribution < 1.29 is 4.74 Å². The van der Waals surface area contributed by atoms with E-state index >= 15 is 0 Å². The van der Waals surface area contributed by atoms with Gasteiger partial charge in [0.15, 0.2) is 0 Å². The van der Waals surface area contributed by atoms with Gasteiger partial charge in [0, 0.05) is 6.54 Å². The summed E-state index contributed by atoms with van der Waals surface area (Å²) >= 11 is 0. The van der Waals surface area contributed by atoms with E-state index in [-0.39, 0.29) is 6.04 Å². The van der Waals surface area contributed by atoms with Gasteiger partial charge in [-0.15, -0.1) is 0 Å². The second-order valence-electron chi connectivity index (χ2n) is 4.48. The number of hydrogen-bond acceptors (Lipinski definition) is 3. The van der Waals surface area contributed by atoms with Crippen molar-refractivity contribution >= 4 is 0 Å². The summed E-state index contributed by atoms with van der Waals surface area (Å²) in [6, 6.07) is 16.0. The molecule has 0 saturated heterocycles. The van der Waals surface area contributed by atoms with E-state index in [9.17, 15) is 0 Å². The molecule has 3 N–H and O–H groups in total. The molecule has 0 aromatic heterocycles. The Morgan fingerprint density at radius 1 is 1.11 bits per heavy atom. The van der Waals surface area contributed by atoms with Crippen LogP contribution in [0.5, 0.6) is 5.75 Å². The Morgan fingerprint density at radius 2 is 1.79 bits per heavy atom. The highest BCUT2D eigenvalue weighted by atomic mass is 16.5. The van der Waals surface area contributed by atoms with Gasteiger partial charge in [-0.25, -0.2) is 0 Å². The van der Waals surface area contributed by atoms with E-state index in [1.165, 1.54) is 5.56 Å². The molecule has 2 rings (SSSR count). The van der Waals surface area contributed by atoms with Gasteiger partial charge in [0.25, 0.3) is 0 Å². The van der Waals surface area contributed by atoms with Crippen LogP contribution in [0.4, 0.5) is 0 Å². The van der Waals surface area contributed by atoms with Crippen LogP contribution in [0.15, 0.2) is 48.5 Å². The highest BCUT2D eigenvalue weighted by molar-refractivity contribution is 5.39. The Labute approximate surface area is 114 Å². The first kappa shape index (κ1) is 13.6. The van der Waals surface area contributed by atoms with Gasteiger partial charge in [-0.3, -0.25) is 0 Å². The van der Waals surface area contributed by atoms with Crippen LogP contribution in [0, 0.1) is 0 Å². The predicted molar refractivity (Wildman–Crippen MR) is 78.2 cm³/mol. The monoisotopic (exact) mass is 256 g/mol. The van der Waals surface area contributed by atoms with Gasteiger partial charge in [-0.05, 0) is 35.9 Å². The van der Waals surface area contributed by atoms with Crippen LogP contribution in [0.3, 0.4) is 0 Å². The molecule has 0 aliphatic heterocycles. The lowest BCUT2D eigenvalue weighted by Crippen LogP contribution is -2.16. The lowest BCUT2D eigenvalue weighted by molar-refractivity contribution is 0.414. The van der Waals surface area contributed by atoms with Crippen molar-refractivity contribution in [2.24, 2.45) is 5.73 Å². The van der Waals surface area contributed by atoms with E-state index in [0.29, 0.717) is 0 Å². The molecule has 3 heteroatoms. The Hall–Kier alpha value is -1.84. The number of benzene rings is 2. The predicted octanol–water partition coefficient (Wildman–Crippen LogP) is 2.46. The van der Waals surface area contributed by atoms with E-state index in [1.807, 2.05) is 43.4 Å². The molecule has 19 heavy (non-hydrogen) atoms. The summed E-state index contributed by atoms with van der Waals surface area (Å²) in [5, 5.41) is 3.17. The molecule has 2 aromatic rings. The molecular formula is C16H20N2O. The smallest absolute Gasteiger partial charge is 0.118 e. The molecule has 0 radical (unpaired) electrons. The SMILES string of the molecule is CNCc1ccccc1C(N)c1ccc(OC)cc1. The molecule has 0 fully saturated rings. The number of methoxy groups -OCH3 is 1. The Balaban J connectivity index is 2.29. The number of hydrogen-bond donors (Lipinski definition) is 2. The third-order valence-electron chi connectivity index (χ3n) is 3.23. The first-order chi connectivity index (χ1) is 9.26. The lowest BCUT2D eigenvalue weighted by Gasteiger charge is -2.17. The number of nitrogens with two attached hydrogens (primary N) is 1. The largest absolute Gasteiger partial charge is 0.497 e. The van der Waals surface area contributed by atoms with Crippen molar-refractivity contribution in [3.05, 3.63) is 65.2 Å². The van der Waals surface area contributed by atoms with Gasteiger partial charge in [0.05, 0.1) is 13.2 Å². The van der Waals surface area contributed by atoms with E-state index in [2.05, 4.69) is 17.4 Å². The third kappa shape index (κ3) is 3.13. The molecule has 3 nitrogen and oxygen atoms in total. The Morgan fingerprint density at radius 3 is 2.42 bits per heavy atom. The maximum atomic E-state index is 6.37. The van der Waals surface area contributed by atoms with E-state index < -0.39 is 0 Å². The quantitative estimate of drug-likeness (QED) is 0.864. The topological polar surface area (TPSA) is 47.3 Å². The molecule has 0 spiro atoms. The first-order valence-electron chi connectivity index (χ1n) is 6.38. The normalized spacial score (nSPS) is 12.2. The molecule has 0 heterocycles. The summed E-state index contributed by atoms with van der Waals surface area (Å²) in [5.74, 6) is 0.847. The lowest BCUT2D eigenvalue weighted by atomic mass is 9.95. The Bertz CT molecular complexity index is 523. The molecule has 1 unspecified atom stereocenters. The van der Waals surface area contributed by atoms with Crippen LogP contribution in [0.25, 0.3) is 0 Å². The van der Waals surface area contributed by atoms with Crippen LogP contribution < -0.4 is 15.8 Å². The molecule has 0 bridgehead atoms. The first-order valence-corrected chi connectivity index (χ1v) is 6.38. The number of ether oxygens (including phenoxy) is 1. The van der Waals surface area contributed by atoms with Gasteiger partial charge in [0.2, 0.25) is 0 Å². The van der Waals surface area contributed by atoms with E-state index in [4.69, 9.17) is 10.5 Å². The van der Waals surface area contributed by atoms with Gasteiger partial charge in [-0.2, -0.15) is 0 Å². The molecule has 2 aromatic carbocycles. The Kier molecular flexibility index (Phi) is 4.55. The fourth-order valence-corrected chi connectivity index (χ4v) is 2.18. The second-order valence-corrected chi connectivity index (χ2v) is 4.48. The summed E-state index contributed by atoms with van der Waals surface area (Å²) in [6.07, 6.45) is 0. The van der Waals surface area contributed by atoms with Crippen LogP contribution >= 0.6 is 0 Å². The summed E-state index contributed by atoms with van der Waals surface area (Å²) in [6.45, 7) is 0.819. The highest BCUT2D eigenvalue weighted by Gasteiger charge is 2.12. The maximum Gasteiger partial charge on any atom is 0.118 e. The average Bonchev–Trinajstić information content (AvgIpc) is 2.47. The van der Waals surface area contributed by atoms with Gasteiger partial charge in [-0.1, -0.05) is 36.4 Å². The highest BCUT2D eigenvalue weighted by Crippen LogP contribution is 2.24. The molecule has 0 amide bonds. The molecule has 100 valence electrons. The van der Waals surface area contributed by atoms with E-state index in [1.54, 1.807) is 7.11 Å². The van der Waals surface area contributed by atoms with E-state index in [0.717, 1.165) is 23.4 Å². The number of rotatable bonds is 5. The third-order valence-corrected chi connectivity index (χ3v) is 3.23. The molecule has 0 saturated carbocycles. The zero-order valence-corrected chi connectivity index (χ0v) is 11.4. The van der Waals surface area contributed by atoms with Crippen molar-refractivity contribution in [2.75, 3.05) is 14.2 Å². The maximum absolute atomic E-state index is 6.37. The summed E-state index contributed by atoms with van der Waals surface area (Å²) < 4.78 is 5.17. The van der Waals surface area contributed by atoms with Crippen molar-refractivity contribution in [3.63, 3.8) is 0 Å². The van der Waals surface area contributed by atoms with Crippen molar-refractivity contribution in [3.8, 4) is 5.75 Å². The van der Waals surface area contributed by atoms with Crippen molar-refractivity contribution in [1.82, 2.24) is 5.32 Å².